The van der Waals surface area contributed by atoms with Crippen LogP contribution in [-0.2, 0) is 0 Å². The number of hydrogen-bond acceptors (Lipinski definition) is 2. The largest absolute Gasteiger partial charge is 0.455 e. The van der Waals surface area contributed by atoms with Crippen LogP contribution in [-0.4, -0.2) is 13.1 Å². The number of para-hydroxylation sites is 1. The summed E-state index contributed by atoms with van der Waals surface area (Å²) in [6.45, 7) is 11.6. The van der Waals surface area contributed by atoms with Gasteiger partial charge >= 0.3 is 0 Å². The molecule has 4 rings (SSSR count). The van der Waals surface area contributed by atoms with Crippen molar-refractivity contribution in [2.75, 3.05) is 0 Å². The average Bonchev–Trinajstić information content (AvgIpc) is 2.99. The predicted molar refractivity (Wildman–Crippen MR) is 114 cm³/mol. The van der Waals surface area contributed by atoms with Crippen LogP contribution in [0.2, 0.25) is 19.6 Å². The molecule has 0 N–H and O–H groups in total. The summed E-state index contributed by atoms with van der Waals surface area (Å²) in [6.07, 6.45) is 1.90. The molecule has 0 amide bonds. The molecule has 0 radical (unpaired) electrons. The normalized spacial score (nSPS) is 12.4. The Bertz CT molecular complexity index is 1100. The van der Waals surface area contributed by atoms with Crippen molar-refractivity contribution in [3.05, 3.63) is 60.3 Å². The van der Waals surface area contributed by atoms with Crippen LogP contribution in [0, 0.1) is 0 Å². The molecule has 2 aromatic carbocycles. The summed E-state index contributed by atoms with van der Waals surface area (Å²) in [5.41, 5.74) is 5.28. The van der Waals surface area contributed by atoms with Gasteiger partial charge in [-0.05, 0) is 40.9 Å². The van der Waals surface area contributed by atoms with Crippen LogP contribution in [0.15, 0.2) is 59.1 Å². The zero-order valence-electron chi connectivity index (χ0n) is 16.1. The molecule has 0 unspecified atom stereocenters. The molecule has 0 aliphatic heterocycles. The van der Waals surface area contributed by atoms with Crippen LogP contribution >= 0.6 is 0 Å². The van der Waals surface area contributed by atoms with Gasteiger partial charge in [0.2, 0.25) is 0 Å². The lowest BCUT2D eigenvalue weighted by Gasteiger charge is -2.17. The summed E-state index contributed by atoms with van der Waals surface area (Å²) < 4.78 is 6.36. The van der Waals surface area contributed by atoms with Gasteiger partial charge < -0.3 is 4.42 Å². The Labute approximate surface area is 155 Å². The van der Waals surface area contributed by atoms with Crippen molar-refractivity contribution in [2.24, 2.45) is 0 Å². The summed E-state index contributed by atoms with van der Waals surface area (Å²) in [4.78, 5) is 4.63. The maximum atomic E-state index is 6.36. The van der Waals surface area contributed by atoms with Gasteiger partial charge in [-0.15, -0.1) is 0 Å². The highest BCUT2D eigenvalue weighted by molar-refractivity contribution is 6.90. The summed E-state index contributed by atoms with van der Waals surface area (Å²) in [5, 5.41) is 3.94. The van der Waals surface area contributed by atoms with E-state index < -0.39 is 8.07 Å². The van der Waals surface area contributed by atoms with Crippen LogP contribution in [0.25, 0.3) is 33.2 Å². The Hall–Kier alpha value is -2.39. The molecule has 4 aromatic rings. The van der Waals surface area contributed by atoms with Gasteiger partial charge in [0, 0.05) is 22.5 Å². The van der Waals surface area contributed by atoms with Gasteiger partial charge in [0.25, 0.3) is 0 Å². The van der Waals surface area contributed by atoms with E-state index in [1.165, 1.54) is 21.5 Å². The van der Waals surface area contributed by atoms with Crippen LogP contribution < -0.4 is 5.19 Å². The van der Waals surface area contributed by atoms with E-state index >= 15 is 0 Å². The predicted octanol–water partition coefficient (Wildman–Crippen LogP) is 6.32. The van der Waals surface area contributed by atoms with Gasteiger partial charge in [-0.1, -0.05) is 57.8 Å². The Kier molecular flexibility index (Phi) is 4.00. The molecule has 26 heavy (non-hydrogen) atoms. The molecule has 0 bridgehead atoms. The Morgan fingerprint density at radius 2 is 1.73 bits per heavy atom. The molecule has 0 aliphatic rings. The highest BCUT2D eigenvalue weighted by Crippen LogP contribution is 2.35. The topological polar surface area (TPSA) is 26.0 Å². The maximum absolute atomic E-state index is 6.36. The lowest BCUT2D eigenvalue weighted by molar-refractivity contribution is 0.670. The standard InChI is InChI=1S/C23H25NOSi/c1-15(2)16-12-13-24-19(14-16)17-8-6-9-18-22-20(25-23(17)18)10-7-11-21(22)26(3,4)5/h6-15H,1-5H3. The number of pyridine rings is 1. The van der Waals surface area contributed by atoms with Crippen molar-refractivity contribution < 1.29 is 4.42 Å². The van der Waals surface area contributed by atoms with Crippen LogP contribution in [0.5, 0.6) is 0 Å². The monoisotopic (exact) mass is 359 g/mol. The molecule has 0 atom stereocenters. The minimum absolute atomic E-state index is 0.477. The van der Waals surface area contributed by atoms with Gasteiger partial charge in [-0.3, -0.25) is 4.98 Å². The van der Waals surface area contributed by atoms with Crippen molar-refractivity contribution in [2.45, 2.75) is 39.4 Å². The summed E-state index contributed by atoms with van der Waals surface area (Å²) in [5.74, 6) is 0.477. The summed E-state index contributed by atoms with van der Waals surface area (Å²) >= 11 is 0. The lowest BCUT2D eigenvalue weighted by Crippen LogP contribution is -2.37. The molecular weight excluding hydrogens is 334 g/mol. The van der Waals surface area contributed by atoms with E-state index in [1.54, 1.807) is 0 Å². The molecule has 0 spiro atoms. The van der Waals surface area contributed by atoms with Crippen LogP contribution in [0.3, 0.4) is 0 Å². The molecule has 3 heteroatoms. The molecule has 0 saturated heterocycles. The number of benzene rings is 2. The zero-order valence-corrected chi connectivity index (χ0v) is 17.1. The third-order valence-corrected chi connectivity index (χ3v) is 7.09. The SMILES string of the molecule is CC(C)c1ccnc(-c2cccc3c2oc2cccc([Si](C)(C)C)c23)c1. The first-order chi connectivity index (χ1) is 12.4. The van der Waals surface area contributed by atoms with E-state index in [0.29, 0.717) is 5.92 Å². The molecule has 2 aromatic heterocycles. The van der Waals surface area contributed by atoms with E-state index in [1.807, 2.05) is 6.20 Å². The highest BCUT2D eigenvalue weighted by Gasteiger charge is 2.23. The first kappa shape index (κ1) is 17.0. The fraction of sp³-hybridized carbons (Fsp3) is 0.261. The van der Waals surface area contributed by atoms with Gasteiger partial charge in [-0.25, -0.2) is 0 Å². The van der Waals surface area contributed by atoms with Gasteiger partial charge in [0.05, 0.1) is 13.8 Å². The summed E-state index contributed by atoms with van der Waals surface area (Å²) in [7, 11) is -1.47. The van der Waals surface area contributed by atoms with Crippen molar-refractivity contribution in [1.29, 1.82) is 0 Å². The number of rotatable bonds is 3. The third kappa shape index (κ3) is 2.76. The van der Waals surface area contributed by atoms with E-state index in [0.717, 1.165) is 22.4 Å². The number of hydrogen-bond donors (Lipinski definition) is 0. The zero-order chi connectivity index (χ0) is 18.5. The molecule has 2 heterocycles. The Morgan fingerprint density at radius 1 is 0.962 bits per heavy atom. The number of aromatic nitrogens is 1. The van der Waals surface area contributed by atoms with Crippen LogP contribution in [0.1, 0.15) is 25.3 Å². The van der Waals surface area contributed by atoms with Crippen molar-refractivity contribution >= 4 is 35.2 Å². The first-order valence-corrected chi connectivity index (χ1v) is 12.8. The average molecular weight is 360 g/mol. The first-order valence-electron chi connectivity index (χ1n) is 9.27. The minimum Gasteiger partial charge on any atom is -0.455 e. The number of fused-ring (bicyclic) bond motifs is 3. The van der Waals surface area contributed by atoms with Crippen molar-refractivity contribution in [3.63, 3.8) is 0 Å². The molecular formula is C23H25NOSi. The smallest absolute Gasteiger partial charge is 0.144 e. The highest BCUT2D eigenvalue weighted by atomic mass is 28.3. The third-order valence-electron chi connectivity index (χ3n) is 5.06. The second-order valence-corrected chi connectivity index (χ2v) is 13.4. The van der Waals surface area contributed by atoms with Crippen molar-refractivity contribution in [3.8, 4) is 11.3 Å². The maximum Gasteiger partial charge on any atom is 0.144 e. The molecule has 0 saturated carbocycles. The molecule has 0 fully saturated rings. The van der Waals surface area contributed by atoms with Gasteiger partial charge in [0.1, 0.15) is 11.2 Å². The summed E-state index contributed by atoms with van der Waals surface area (Å²) in [6, 6.07) is 17.2. The molecule has 0 aliphatic carbocycles. The van der Waals surface area contributed by atoms with Crippen LogP contribution in [0.4, 0.5) is 0 Å². The van der Waals surface area contributed by atoms with E-state index in [9.17, 15) is 0 Å². The molecule has 132 valence electrons. The Balaban J connectivity index is 2.03. The fourth-order valence-electron chi connectivity index (χ4n) is 3.63. The van der Waals surface area contributed by atoms with E-state index in [4.69, 9.17) is 4.42 Å². The minimum atomic E-state index is -1.47. The Morgan fingerprint density at radius 3 is 2.46 bits per heavy atom. The molecule has 2 nitrogen and oxygen atoms in total. The van der Waals surface area contributed by atoms with Gasteiger partial charge in [0.15, 0.2) is 0 Å². The van der Waals surface area contributed by atoms with Gasteiger partial charge in [-0.2, -0.15) is 0 Å². The van der Waals surface area contributed by atoms with Crippen molar-refractivity contribution in [1.82, 2.24) is 4.98 Å². The second-order valence-electron chi connectivity index (χ2n) is 8.34. The number of nitrogens with zero attached hydrogens (tertiary/aromatic N) is 1. The second kappa shape index (κ2) is 6.10. The lowest BCUT2D eigenvalue weighted by atomic mass is 10.0. The van der Waals surface area contributed by atoms with E-state index in [-0.39, 0.29) is 0 Å². The van der Waals surface area contributed by atoms with E-state index in [2.05, 4.69) is 87.0 Å². The number of furan rings is 1. The quantitative estimate of drug-likeness (QED) is 0.400. The fourth-order valence-corrected chi connectivity index (χ4v) is 5.23.